The molecule has 1 aromatic carbocycles. The zero-order valence-electron chi connectivity index (χ0n) is 6.59. The highest BCUT2D eigenvalue weighted by molar-refractivity contribution is 6.65. The van der Waals surface area contributed by atoms with E-state index in [-0.39, 0.29) is 12.2 Å². The van der Waals surface area contributed by atoms with Crippen molar-refractivity contribution in [3.05, 3.63) is 34.9 Å². The molecule has 13 heavy (non-hydrogen) atoms. The molecule has 2 nitrogen and oxygen atoms in total. The third-order valence-corrected chi connectivity index (χ3v) is 1.85. The summed E-state index contributed by atoms with van der Waals surface area (Å²) >= 11 is 10.7. The highest BCUT2D eigenvalue weighted by Gasteiger charge is 2.08. The van der Waals surface area contributed by atoms with Crippen molar-refractivity contribution in [3.8, 4) is 0 Å². The molecule has 0 aliphatic rings. The molecule has 0 spiro atoms. The van der Waals surface area contributed by atoms with E-state index < -0.39 is 5.24 Å². The fraction of sp³-hybridized carbons (Fsp3) is 0.111. The predicted molar refractivity (Wildman–Crippen MR) is 51.3 cm³/mol. The first kappa shape index (κ1) is 10.2. The van der Waals surface area contributed by atoms with E-state index in [1.807, 2.05) is 0 Å². The van der Waals surface area contributed by atoms with Gasteiger partial charge in [0.2, 0.25) is 5.24 Å². The molecule has 0 aliphatic carbocycles. The van der Waals surface area contributed by atoms with E-state index >= 15 is 0 Å². The number of rotatable bonds is 3. The van der Waals surface area contributed by atoms with Crippen molar-refractivity contribution in [2.45, 2.75) is 6.42 Å². The zero-order valence-corrected chi connectivity index (χ0v) is 8.10. The molecule has 1 aromatic rings. The molecule has 0 amide bonds. The zero-order chi connectivity index (χ0) is 9.84. The lowest BCUT2D eigenvalue weighted by atomic mass is 10.1. The molecule has 4 heteroatoms. The molecule has 0 aliphatic heterocycles. The van der Waals surface area contributed by atoms with Crippen molar-refractivity contribution in [1.29, 1.82) is 0 Å². The number of benzene rings is 1. The van der Waals surface area contributed by atoms with Crippen LogP contribution in [0.3, 0.4) is 0 Å². The van der Waals surface area contributed by atoms with E-state index in [1.54, 1.807) is 24.3 Å². The summed E-state index contributed by atoms with van der Waals surface area (Å²) in [7, 11) is 0. The topological polar surface area (TPSA) is 34.1 Å². The monoisotopic (exact) mass is 216 g/mol. The van der Waals surface area contributed by atoms with Gasteiger partial charge in [-0.15, -0.1) is 0 Å². The summed E-state index contributed by atoms with van der Waals surface area (Å²) < 4.78 is 0. The number of carbonyl (C=O) groups is 2. The normalized spacial score (nSPS) is 9.69. The van der Waals surface area contributed by atoms with Gasteiger partial charge in [0.25, 0.3) is 0 Å². The molecule has 0 unspecified atom stereocenters. The maximum Gasteiger partial charge on any atom is 0.229 e. The van der Waals surface area contributed by atoms with Crippen LogP contribution in [0.4, 0.5) is 0 Å². The van der Waals surface area contributed by atoms with Crippen LogP contribution in [0, 0.1) is 0 Å². The largest absolute Gasteiger partial charge is 0.294 e. The first-order valence-electron chi connectivity index (χ1n) is 3.56. The molecule has 0 saturated carbocycles. The Bertz CT molecular complexity index is 330. The molecule has 0 saturated heterocycles. The lowest BCUT2D eigenvalue weighted by Gasteiger charge is -1.96. The smallest absolute Gasteiger partial charge is 0.229 e. The summed E-state index contributed by atoms with van der Waals surface area (Å²) in [6, 6.07) is 6.30. The Hall–Kier alpha value is -0.860. The maximum absolute atomic E-state index is 11.2. The number of hydrogen-bond acceptors (Lipinski definition) is 2. The molecule has 0 atom stereocenters. The Labute approximate surface area is 85.5 Å². The van der Waals surface area contributed by atoms with Gasteiger partial charge in [0.1, 0.15) is 0 Å². The summed E-state index contributed by atoms with van der Waals surface area (Å²) in [5, 5.41) is -0.103. The van der Waals surface area contributed by atoms with Gasteiger partial charge in [0, 0.05) is 10.6 Å². The lowest BCUT2D eigenvalue weighted by molar-refractivity contribution is -0.110. The second-order valence-electron chi connectivity index (χ2n) is 2.46. The van der Waals surface area contributed by atoms with Crippen molar-refractivity contribution >= 4 is 34.2 Å². The second kappa shape index (κ2) is 4.40. The van der Waals surface area contributed by atoms with E-state index in [9.17, 15) is 9.59 Å². The van der Waals surface area contributed by atoms with Crippen LogP contribution in [0.5, 0.6) is 0 Å². The van der Waals surface area contributed by atoms with Gasteiger partial charge in [0.15, 0.2) is 5.78 Å². The minimum Gasteiger partial charge on any atom is -0.294 e. The van der Waals surface area contributed by atoms with Gasteiger partial charge in [-0.3, -0.25) is 9.59 Å². The van der Waals surface area contributed by atoms with Crippen molar-refractivity contribution in [3.63, 3.8) is 0 Å². The molecule has 0 aromatic heterocycles. The second-order valence-corrected chi connectivity index (χ2v) is 3.32. The van der Waals surface area contributed by atoms with E-state index in [4.69, 9.17) is 23.2 Å². The SMILES string of the molecule is O=C(Cl)CC(=O)c1ccc(Cl)cc1. The molecule has 0 radical (unpaired) electrons. The highest BCUT2D eigenvalue weighted by Crippen LogP contribution is 2.11. The number of ketones is 1. The molecule has 0 fully saturated rings. The Morgan fingerprint density at radius 2 is 1.69 bits per heavy atom. The summed E-state index contributed by atoms with van der Waals surface area (Å²) in [6.07, 6.45) is -0.275. The van der Waals surface area contributed by atoms with Crippen molar-refractivity contribution < 1.29 is 9.59 Å². The average Bonchev–Trinajstić information content (AvgIpc) is 2.04. The van der Waals surface area contributed by atoms with Gasteiger partial charge in [0.05, 0.1) is 6.42 Å². The summed E-state index contributed by atoms with van der Waals surface area (Å²) in [4.78, 5) is 21.6. The first-order valence-corrected chi connectivity index (χ1v) is 4.32. The number of carbonyl (C=O) groups excluding carboxylic acids is 2. The predicted octanol–water partition coefficient (Wildman–Crippen LogP) is 2.68. The number of hydrogen-bond donors (Lipinski definition) is 0. The van der Waals surface area contributed by atoms with Crippen LogP contribution in [0.25, 0.3) is 0 Å². The minimum absolute atomic E-state index is 0.275. The summed E-state index contributed by atoms with van der Waals surface area (Å²) in [5.74, 6) is -0.295. The first-order chi connectivity index (χ1) is 6.09. The van der Waals surface area contributed by atoms with E-state index in [0.29, 0.717) is 10.6 Å². The van der Waals surface area contributed by atoms with Gasteiger partial charge in [-0.2, -0.15) is 0 Å². The Kier molecular flexibility index (Phi) is 3.46. The van der Waals surface area contributed by atoms with Crippen molar-refractivity contribution in [2.24, 2.45) is 0 Å². The van der Waals surface area contributed by atoms with Crippen LogP contribution in [0.15, 0.2) is 24.3 Å². The highest BCUT2D eigenvalue weighted by atomic mass is 35.5. The van der Waals surface area contributed by atoms with E-state index in [0.717, 1.165) is 0 Å². The van der Waals surface area contributed by atoms with Crippen LogP contribution in [-0.2, 0) is 4.79 Å². The quantitative estimate of drug-likeness (QED) is 0.443. The molecular weight excluding hydrogens is 211 g/mol. The molecule has 0 heterocycles. The third kappa shape index (κ3) is 3.17. The van der Waals surface area contributed by atoms with Gasteiger partial charge in [-0.05, 0) is 35.9 Å². The number of halogens is 2. The average molecular weight is 217 g/mol. The summed E-state index contributed by atoms with van der Waals surface area (Å²) in [5.41, 5.74) is 0.443. The van der Waals surface area contributed by atoms with Gasteiger partial charge >= 0.3 is 0 Å². The van der Waals surface area contributed by atoms with Gasteiger partial charge in [-0.1, -0.05) is 11.6 Å². The van der Waals surface area contributed by atoms with Crippen LogP contribution in [0.1, 0.15) is 16.8 Å². The van der Waals surface area contributed by atoms with E-state index in [2.05, 4.69) is 0 Å². The lowest BCUT2D eigenvalue weighted by Crippen LogP contribution is -2.02. The molecular formula is C9H6Cl2O2. The van der Waals surface area contributed by atoms with Crippen LogP contribution >= 0.6 is 23.2 Å². The third-order valence-electron chi connectivity index (χ3n) is 1.47. The van der Waals surface area contributed by atoms with Crippen molar-refractivity contribution in [2.75, 3.05) is 0 Å². The van der Waals surface area contributed by atoms with Gasteiger partial charge < -0.3 is 0 Å². The van der Waals surface area contributed by atoms with E-state index in [1.165, 1.54) is 0 Å². The Morgan fingerprint density at radius 1 is 1.15 bits per heavy atom. The number of Topliss-reactive ketones (excluding diaryl/α,β-unsaturated/α-hetero) is 1. The standard InChI is InChI=1S/C9H6Cl2O2/c10-7-3-1-6(2-4-7)8(12)5-9(11)13/h1-4H,5H2. The molecule has 0 N–H and O–H groups in total. The summed E-state index contributed by atoms with van der Waals surface area (Å²) in [6.45, 7) is 0. The minimum atomic E-state index is -0.653. The van der Waals surface area contributed by atoms with Crippen LogP contribution < -0.4 is 0 Å². The fourth-order valence-electron chi connectivity index (χ4n) is 0.864. The maximum atomic E-state index is 11.2. The van der Waals surface area contributed by atoms with Crippen molar-refractivity contribution in [1.82, 2.24) is 0 Å². The van der Waals surface area contributed by atoms with Crippen LogP contribution in [-0.4, -0.2) is 11.0 Å². The van der Waals surface area contributed by atoms with Gasteiger partial charge in [-0.25, -0.2) is 0 Å². The molecule has 0 bridgehead atoms. The molecule has 1 rings (SSSR count). The van der Waals surface area contributed by atoms with Crippen LogP contribution in [0.2, 0.25) is 5.02 Å². The molecule has 68 valence electrons. The Morgan fingerprint density at radius 3 is 2.15 bits per heavy atom. The Balaban J connectivity index is 2.78. The fourth-order valence-corrected chi connectivity index (χ4v) is 1.11.